The molecule has 2 nitrogen and oxygen atoms in total. The van der Waals surface area contributed by atoms with Gasteiger partial charge in [0, 0.05) is 22.6 Å². The summed E-state index contributed by atoms with van der Waals surface area (Å²) in [5, 5.41) is 2.51. The standard InChI is InChI=1S/C16H15ClO2/c17-14-9-8-13(11-5-1-2-6-12(11)14)16(18)15-7-3-4-10-19-15/h1-2,5-6,8-9,15H,3-4,7,10H2. The lowest BCUT2D eigenvalue weighted by Crippen LogP contribution is -2.28. The first kappa shape index (κ1) is 12.6. The highest BCUT2D eigenvalue weighted by molar-refractivity contribution is 6.36. The Bertz CT molecular complexity index is 615. The molecule has 0 amide bonds. The molecule has 0 radical (unpaired) electrons. The fraction of sp³-hybridized carbons (Fsp3) is 0.312. The average Bonchev–Trinajstić information content (AvgIpc) is 2.48. The van der Waals surface area contributed by atoms with Crippen molar-refractivity contribution in [2.45, 2.75) is 25.4 Å². The van der Waals surface area contributed by atoms with E-state index in [0.29, 0.717) is 17.2 Å². The lowest BCUT2D eigenvalue weighted by molar-refractivity contribution is 0.0188. The molecule has 1 fully saturated rings. The van der Waals surface area contributed by atoms with Gasteiger partial charge in [0.15, 0.2) is 5.78 Å². The van der Waals surface area contributed by atoms with Crippen molar-refractivity contribution in [1.29, 1.82) is 0 Å². The van der Waals surface area contributed by atoms with Crippen molar-refractivity contribution in [2.75, 3.05) is 6.61 Å². The number of hydrogen-bond acceptors (Lipinski definition) is 2. The van der Waals surface area contributed by atoms with Gasteiger partial charge in [0.1, 0.15) is 6.10 Å². The summed E-state index contributed by atoms with van der Waals surface area (Å²) in [4.78, 5) is 12.6. The lowest BCUT2D eigenvalue weighted by atomic mass is 9.95. The Morgan fingerprint density at radius 1 is 1.11 bits per heavy atom. The number of halogens is 1. The van der Waals surface area contributed by atoms with Crippen LogP contribution in [-0.4, -0.2) is 18.5 Å². The summed E-state index contributed by atoms with van der Waals surface area (Å²) in [7, 11) is 0. The zero-order valence-electron chi connectivity index (χ0n) is 10.6. The Kier molecular flexibility index (Phi) is 3.54. The number of carbonyl (C=O) groups excluding carboxylic acids is 1. The van der Waals surface area contributed by atoms with Gasteiger partial charge in [-0.3, -0.25) is 4.79 Å². The van der Waals surface area contributed by atoms with Gasteiger partial charge in [0.2, 0.25) is 0 Å². The number of benzene rings is 2. The molecule has 0 bridgehead atoms. The van der Waals surface area contributed by atoms with Crippen molar-refractivity contribution in [2.24, 2.45) is 0 Å². The zero-order chi connectivity index (χ0) is 13.2. The first-order chi connectivity index (χ1) is 9.27. The van der Waals surface area contributed by atoms with E-state index in [1.54, 1.807) is 6.07 Å². The number of hydrogen-bond donors (Lipinski definition) is 0. The number of carbonyl (C=O) groups is 1. The second-order valence-electron chi connectivity index (χ2n) is 4.86. The Morgan fingerprint density at radius 2 is 1.89 bits per heavy atom. The van der Waals surface area contributed by atoms with E-state index in [2.05, 4.69) is 0 Å². The van der Waals surface area contributed by atoms with Crippen LogP contribution in [0.15, 0.2) is 36.4 Å². The van der Waals surface area contributed by atoms with Gasteiger partial charge in [0.25, 0.3) is 0 Å². The molecule has 19 heavy (non-hydrogen) atoms. The Hall–Kier alpha value is -1.38. The second kappa shape index (κ2) is 5.32. The van der Waals surface area contributed by atoms with E-state index in [1.165, 1.54) is 0 Å². The Labute approximate surface area is 117 Å². The number of Topliss-reactive ketones (excluding diaryl/α,β-unsaturated/α-hetero) is 1. The summed E-state index contributed by atoms with van der Waals surface area (Å²) in [6.07, 6.45) is 2.63. The van der Waals surface area contributed by atoms with Gasteiger partial charge in [-0.15, -0.1) is 0 Å². The molecule has 3 heteroatoms. The van der Waals surface area contributed by atoms with Crippen molar-refractivity contribution < 1.29 is 9.53 Å². The van der Waals surface area contributed by atoms with Crippen LogP contribution in [-0.2, 0) is 4.74 Å². The van der Waals surface area contributed by atoms with Crippen LogP contribution in [0.25, 0.3) is 10.8 Å². The molecule has 2 aromatic carbocycles. The molecule has 0 aromatic heterocycles. The quantitative estimate of drug-likeness (QED) is 0.766. The number of ketones is 1. The number of ether oxygens (including phenoxy) is 1. The van der Waals surface area contributed by atoms with Gasteiger partial charge in [-0.1, -0.05) is 35.9 Å². The van der Waals surface area contributed by atoms with Crippen molar-refractivity contribution in [3.8, 4) is 0 Å². The fourth-order valence-electron chi connectivity index (χ4n) is 2.60. The van der Waals surface area contributed by atoms with Crippen LogP contribution < -0.4 is 0 Å². The molecule has 0 N–H and O–H groups in total. The molecular formula is C16H15ClO2. The second-order valence-corrected chi connectivity index (χ2v) is 5.27. The molecule has 2 aromatic rings. The minimum atomic E-state index is -0.293. The van der Waals surface area contributed by atoms with Gasteiger partial charge < -0.3 is 4.74 Å². The van der Waals surface area contributed by atoms with Crippen LogP contribution >= 0.6 is 11.6 Å². The Morgan fingerprint density at radius 3 is 2.63 bits per heavy atom. The van der Waals surface area contributed by atoms with Gasteiger partial charge in [-0.05, 0) is 36.8 Å². The fourth-order valence-corrected chi connectivity index (χ4v) is 2.83. The van der Waals surface area contributed by atoms with Crippen molar-refractivity contribution in [3.63, 3.8) is 0 Å². The first-order valence-electron chi connectivity index (χ1n) is 6.60. The van der Waals surface area contributed by atoms with Crippen LogP contribution in [0.3, 0.4) is 0 Å². The van der Waals surface area contributed by atoms with Crippen LogP contribution in [0, 0.1) is 0 Å². The lowest BCUT2D eigenvalue weighted by Gasteiger charge is -2.22. The third kappa shape index (κ3) is 2.38. The summed E-state index contributed by atoms with van der Waals surface area (Å²) < 4.78 is 5.59. The molecule has 1 heterocycles. The van der Waals surface area contributed by atoms with E-state index in [4.69, 9.17) is 16.3 Å². The minimum Gasteiger partial charge on any atom is -0.370 e. The van der Waals surface area contributed by atoms with Crippen molar-refractivity contribution >= 4 is 28.2 Å². The summed E-state index contributed by atoms with van der Waals surface area (Å²) in [6.45, 7) is 0.682. The molecule has 1 atom stereocenters. The van der Waals surface area contributed by atoms with E-state index in [9.17, 15) is 4.79 Å². The van der Waals surface area contributed by atoms with Crippen molar-refractivity contribution in [1.82, 2.24) is 0 Å². The van der Waals surface area contributed by atoms with Gasteiger partial charge in [-0.25, -0.2) is 0 Å². The van der Waals surface area contributed by atoms with E-state index in [0.717, 1.165) is 30.0 Å². The average molecular weight is 275 g/mol. The summed E-state index contributed by atoms with van der Waals surface area (Å²) in [5.74, 6) is 0.0765. The SMILES string of the molecule is O=C(c1ccc(Cl)c2ccccc12)C1CCCCO1. The predicted octanol–water partition coefficient (Wildman–Crippen LogP) is 4.25. The monoisotopic (exact) mass is 274 g/mol. The summed E-state index contributed by atoms with van der Waals surface area (Å²) >= 11 is 6.18. The highest BCUT2D eigenvalue weighted by Crippen LogP contribution is 2.28. The topological polar surface area (TPSA) is 26.3 Å². The third-order valence-electron chi connectivity index (χ3n) is 3.61. The third-order valence-corrected chi connectivity index (χ3v) is 3.94. The molecule has 1 aliphatic rings. The van der Waals surface area contributed by atoms with Crippen LogP contribution in [0.5, 0.6) is 0 Å². The number of rotatable bonds is 2. The van der Waals surface area contributed by atoms with Crippen LogP contribution in [0.1, 0.15) is 29.6 Å². The molecule has 1 saturated heterocycles. The van der Waals surface area contributed by atoms with Crippen LogP contribution in [0.2, 0.25) is 5.02 Å². The van der Waals surface area contributed by atoms with Gasteiger partial charge in [0.05, 0.1) is 0 Å². The molecule has 0 spiro atoms. The normalized spacial score (nSPS) is 19.5. The van der Waals surface area contributed by atoms with Crippen molar-refractivity contribution in [3.05, 3.63) is 47.0 Å². The van der Waals surface area contributed by atoms with E-state index in [-0.39, 0.29) is 11.9 Å². The smallest absolute Gasteiger partial charge is 0.192 e. The molecule has 3 rings (SSSR count). The molecule has 1 aliphatic heterocycles. The molecular weight excluding hydrogens is 260 g/mol. The maximum Gasteiger partial charge on any atom is 0.192 e. The molecule has 0 aliphatic carbocycles. The van der Waals surface area contributed by atoms with E-state index < -0.39 is 0 Å². The molecule has 0 saturated carbocycles. The predicted molar refractivity (Wildman–Crippen MR) is 76.9 cm³/mol. The maximum atomic E-state index is 12.6. The van der Waals surface area contributed by atoms with Gasteiger partial charge in [-0.2, -0.15) is 0 Å². The van der Waals surface area contributed by atoms with E-state index in [1.807, 2.05) is 30.3 Å². The number of fused-ring (bicyclic) bond motifs is 1. The highest BCUT2D eigenvalue weighted by atomic mass is 35.5. The summed E-state index contributed by atoms with van der Waals surface area (Å²) in [5.41, 5.74) is 0.715. The Balaban J connectivity index is 2.05. The molecule has 1 unspecified atom stereocenters. The highest BCUT2D eigenvalue weighted by Gasteiger charge is 2.24. The minimum absolute atomic E-state index is 0.0765. The van der Waals surface area contributed by atoms with Crippen LogP contribution in [0.4, 0.5) is 0 Å². The largest absolute Gasteiger partial charge is 0.370 e. The summed E-state index contributed by atoms with van der Waals surface area (Å²) in [6, 6.07) is 11.3. The van der Waals surface area contributed by atoms with E-state index >= 15 is 0 Å². The first-order valence-corrected chi connectivity index (χ1v) is 6.98. The van der Waals surface area contributed by atoms with Gasteiger partial charge >= 0.3 is 0 Å². The maximum absolute atomic E-state index is 12.6. The molecule has 98 valence electrons. The zero-order valence-corrected chi connectivity index (χ0v) is 11.3.